The van der Waals surface area contributed by atoms with E-state index in [1.807, 2.05) is 0 Å². The van der Waals surface area contributed by atoms with Crippen molar-refractivity contribution < 1.29 is 19.7 Å². The van der Waals surface area contributed by atoms with Gasteiger partial charge in [-0.05, 0) is 6.42 Å². The molecule has 0 unspecified atom stereocenters. The Kier molecular flexibility index (Phi) is 9.76. The zero-order chi connectivity index (χ0) is 7.28. The molecule has 0 amide bonds. The van der Waals surface area contributed by atoms with Gasteiger partial charge >= 0.3 is 42.0 Å². The number of carbonyl (C=O) groups is 1. The molecule has 4 nitrogen and oxygen atoms in total. The summed E-state index contributed by atoms with van der Waals surface area (Å²) in [5, 5.41) is 16.1. The van der Waals surface area contributed by atoms with Crippen molar-refractivity contribution in [1.29, 1.82) is 0 Å². The van der Waals surface area contributed by atoms with Crippen molar-refractivity contribution in [3.05, 3.63) is 0 Å². The van der Waals surface area contributed by atoms with E-state index < -0.39 is 12.4 Å². The van der Waals surface area contributed by atoms with Gasteiger partial charge in [0, 0.05) is 6.42 Å². The molecule has 0 fully saturated rings. The van der Waals surface area contributed by atoms with Crippen LogP contribution in [0.15, 0.2) is 0 Å². The van der Waals surface area contributed by atoms with Crippen molar-refractivity contribution in [3.63, 3.8) is 0 Å². The number of carbonyl (C=O) groups excluding carboxylic acids is 1. The van der Waals surface area contributed by atoms with Gasteiger partial charge in [-0.25, -0.2) is 0 Å². The maximum atomic E-state index is 10.3. The molecule has 0 bridgehead atoms. The molecule has 0 aliphatic rings. The van der Waals surface area contributed by atoms with Crippen molar-refractivity contribution in [1.82, 2.24) is 0 Å². The summed E-state index contributed by atoms with van der Waals surface area (Å²) in [6, 6.07) is 0. The van der Waals surface area contributed by atoms with Gasteiger partial charge in [-0.2, -0.15) is 0 Å². The van der Waals surface area contributed by atoms with Gasteiger partial charge in [-0.15, -0.1) is 0 Å². The van der Waals surface area contributed by atoms with Gasteiger partial charge in [0.25, 0.3) is 0 Å². The van der Waals surface area contributed by atoms with Crippen molar-refractivity contribution in [2.24, 2.45) is 0 Å². The molecule has 0 aliphatic heterocycles. The molecule has 10 heavy (non-hydrogen) atoms. The Hall–Kier alpha value is 0.390. The normalized spacial score (nSPS) is 8.80. The summed E-state index contributed by atoms with van der Waals surface area (Å²) in [4.78, 5) is 10.3. The number of rotatable bonds is 3. The van der Waals surface area contributed by atoms with Crippen LogP contribution in [0.5, 0.6) is 0 Å². The fourth-order valence-corrected chi connectivity index (χ4v) is 0.381. The first-order valence-corrected chi connectivity index (χ1v) is 2.72. The molecule has 0 aliphatic carbocycles. The first-order chi connectivity index (χ1) is 4.16. The predicted octanol–water partition coefficient (Wildman–Crippen LogP) is -1.05. The third kappa shape index (κ3) is 8.39. The van der Waals surface area contributed by atoms with E-state index in [2.05, 4.69) is 4.74 Å². The minimum atomic E-state index is -1.97. The van der Waals surface area contributed by atoms with Crippen LogP contribution in [-0.2, 0) is 9.53 Å². The van der Waals surface area contributed by atoms with Crippen LogP contribution >= 0.6 is 0 Å². The number of hydrogen-bond acceptors (Lipinski definition) is 4. The molecule has 0 radical (unpaired) electrons. The average molecular weight is 158 g/mol. The van der Waals surface area contributed by atoms with Gasteiger partial charge in [-0.1, -0.05) is 6.92 Å². The van der Waals surface area contributed by atoms with Crippen LogP contribution in [0.3, 0.4) is 0 Å². The standard InChI is InChI=1S/C5H10O4.Na.H/c1-2-3-4(6)9-5(7)8;;/h5,7-8H,2-3H2,1H3;;. The zero-order valence-electron chi connectivity index (χ0n) is 5.20. The first-order valence-electron chi connectivity index (χ1n) is 2.72. The number of aliphatic hydroxyl groups is 2. The summed E-state index contributed by atoms with van der Waals surface area (Å²) >= 11 is 0. The van der Waals surface area contributed by atoms with Gasteiger partial charge in [0.15, 0.2) is 0 Å². The molecule has 0 aromatic carbocycles. The van der Waals surface area contributed by atoms with E-state index >= 15 is 0 Å². The van der Waals surface area contributed by atoms with Crippen LogP contribution in [0, 0.1) is 0 Å². The maximum absolute atomic E-state index is 10.3. The molecular formula is C5H11NaO4. The Bertz CT molecular complexity index is 93.6. The van der Waals surface area contributed by atoms with E-state index in [1.54, 1.807) is 6.92 Å². The number of ether oxygens (including phenoxy) is 1. The van der Waals surface area contributed by atoms with Crippen molar-refractivity contribution >= 4 is 35.5 Å². The van der Waals surface area contributed by atoms with E-state index in [4.69, 9.17) is 10.2 Å². The number of hydrogen-bond donors (Lipinski definition) is 2. The number of esters is 1. The zero-order valence-corrected chi connectivity index (χ0v) is 5.20. The third-order valence-electron chi connectivity index (χ3n) is 0.691. The summed E-state index contributed by atoms with van der Waals surface area (Å²) < 4.78 is 3.96. The van der Waals surface area contributed by atoms with E-state index in [9.17, 15) is 4.79 Å². The van der Waals surface area contributed by atoms with E-state index in [-0.39, 0.29) is 36.0 Å². The van der Waals surface area contributed by atoms with Crippen LogP contribution in [0.2, 0.25) is 0 Å². The van der Waals surface area contributed by atoms with Crippen molar-refractivity contribution in [3.8, 4) is 0 Å². The number of aliphatic hydroxyl groups excluding tert-OH is 1. The fourth-order valence-electron chi connectivity index (χ4n) is 0.381. The SMILES string of the molecule is CCCC(=O)OC(O)O.[NaH]. The molecule has 5 heteroatoms. The predicted molar refractivity (Wildman–Crippen MR) is 36.4 cm³/mol. The Morgan fingerprint density at radius 2 is 2.10 bits per heavy atom. The van der Waals surface area contributed by atoms with Gasteiger partial charge < -0.3 is 14.9 Å². The Balaban J connectivity index is 0. The summed E-state index contributed by atoms with van der Waals surface area (Å²) in [6.07, 6.45) is 0.864. The van der Waals surface area contributed by atoms with Crippen molar-refractivity contribution in [2.75, 3.05) is 0 Å². The second-order valence-corrected chi connectivity index (χ2v) is 1.57. The van der Waals surface area contributed by atoms with Crippen molar-refractivity contribution in [2.45, 2.75) is 26.2 Å². The minimum absolute atomic E-state index is 0. The van der Waals surface area contributed by atoms with Gasteiger partial charge in [0.1, 0.15) is 0 Å². The quantitative estimate of drug-likeness (QED) is 0.312. The molecule has 0 rings (SSSR count). The molecule has 0 aromatic heterocycles. The molecule has 56 valence electrons. The Morgan fingerprint density at radius 1 is 1.60 bits per heavy atom. The summed E-state index contributed by atoms with van der Waals surface area (Å²) in [5.41, 5.74) is 0. The molecule has 0 saturated carbocycles. The average Bonchev–Trinajstić information content (AvgIpc) is 1.63. The van der Waals surface area contributed by atoms with Gasteiger partial charge in [-0.3, -0.25) is 4.79 Å². The second-order valence-electron chi connectivity index (χ2n) is 1.57. The topological polar surface area (TPSA) is 66.8 Å². The van der Waals surface area contributed by atoms with Gasteiger partial charge in [0.05, 0.1) is 0 Å². The second kappa shape index (κ2) is 7.50. The first kappa shape index (κ1) is 13.0. The van der Waals surface area contributed by atoms with Crippen LogP contribution in [-0.4, -0.2) is 52.2 Å². The van der Waals surface area contributed by atoms with E-state index in [0.29, 0.717) is 6.42 Å². The fraction of sp³-hybridized carbons (Fsp3) is 0.800. The summed E-state index contributed by atoms with van der Waals surface area (Å²) in [6.45, 7) is -0.172. The van der Waals surface area contributed by atoms with E-state index in [1.165, 1.54) is 0 Å². The van der Waals surface area contributed by atoms with Crippen LogP contribution in [0.25, 0.3) is 0 Å². The molecule has 0 atom stereocenters. The molecule has 0 saturated heterocycles. The van der Waals surface area contributed by atoms with Crippen LogP contribution in [0.4, 0.5) is 0 Å². The molecule has 2 N–H and O–H groups in total. The van der Waals surface area contributed by atoms with Crippen LogP contribution in [0.1, 0.15) is 19.8 Å². The molecular weight excluding hydrogens is 147 g/mol. The summed E-state index contributed by atoms with van der Waals surface area (Å²) in [5.74, 6) is -0.590. The van der Waals surface area contributed by atoms with Crippen LogP contribution < -0.4 is 0 Å². The molecule has 0 spiro atoms. The Morgan fingerprint density at radius 3 is 2.40 bits per heavy atom. The summed E-state index contributed by atoms with van der Waals surface area (Å²) in [7, 11) is 0. The third-order valence-corrected chi connectivity index (χ3v) is 0.691. The molecule has 0 heterocycles. The monoisotopic (exact) mass is 158 g/mol. The van der Waals surface area contributed by atoms with Gasteiger partial charge in [0.2, 0.25) is 0 Å². The van der Waals surface area contributed by atoms with E-state index in [0.717, 1.165) is 0 Å². The molecule has 0 aromatic rings. The Labute approximate surface area is 81.5 Å².